The molecule has 0 saturated carbocycles. The molecule has 1 unspecified atom stereocenters. The van der Waals surface area contributed by atoms with E-state index in [1.807, 2.05) is 36.4 Å². The molecule has 0 aliphatic carbocycles. The van der Waals surface area contributed by atoms with Crippen molar-refractivity contribution in [2.24, 2.45) is 4.99 Å². The molecule has 0 fully saturated rings. The summed E-state index contributed by atoms with van der Waals surface area (Å²) in [6.45, 7) is 2.05. The first kappa shape index (κ1) is 13.5. The first-order chi connectivity index (χ1) is 9.20. The highest BCUT2D eigenvalue weighted by molar-refractivity contribution is 6.30. The van der Waals surface area contributed by atoms with Gasteiger partial charge in [-0.3, -0.25) is 0 Å². The van der Waals surface area contributed by atoms with Crippen molar-refractivity contribution in [3.8, 4) is 0 Å². The van der Waals surface area contributed by atoms with Gasteiger partial charge in [0.25, 0.3) is 0 Å². The summed E-state index contributed by atoms with van der Waals surface area (Å²) in [5.41, 5.74) is 3.29. The van der Waals surface area contributed by atoms with Crippen LogP contribution in [0.5, 0.6) is 0 Å². The van der Waals surface area contributed by atoms with Gasteiger partial charge >= 0.3 is 0 Å². The van der Waals surface area contributed by atoms with Crippen molar-refractivity contribution in [2.75, 3.05) is 0 Å². The highest BCUT2D eigenvalue weighted by atomic mass is 35.5. The van der Waals surface area contributed by atoms with E-state index in [1.54, 1.807) is 12.1 Å². The smallest absolute Gasteiger partial charge is 0.211 e. The van der Waals surface area contributed by atoms with Gasteiger partial charge < -0.3 is 0 Å². The van der Waals surface area contributed by atoms with Crippen LogP contribution in [0.2, 0.25) is 5.02 Å². The van der Waals surface area contributed by atoms with Crippen molar-refractivity contribution in [1.82, 2.24) is 0 Å². The van der Waals surface area contributed by atoms with Crippen molar-refractivity contribution < 1.29 is 4.79 Å². The molecule has 0 aliphatic heterocycles. The lowest BCUT2D eigenvalue weighted by molar-refractivity contribution is 0.557. The lowest BCUT2D eigenvalue weighted by atomic mass is 9.96. The number of isocyanates is 1. The van der Waals surface area contributed by atoms with Gasteiger partial charge in [0.05, 0.1) is 6.04 Å². The highest BCUT2D eigenvalue weighted by Gasteiger charge is 2.12. The van der Waals surface area contributed by atoms with Crippen LogP contribution in [0.25, 0.3) is 0 Å². The van der Waals surface area contributed by atoms with Crippen LogP contribution in [0.15, 0.2) is 53.5 Å². The van der Waals surface area contributed by atoms with Crippen LogP contribution in [0, 0.1) is 6.92 Å². The average Bonchev–Trinajstić information content (AvgIpc) is 2.40. The number of aliphatic imine (C=N–C) groups is 1. The summed E-state index contributed by atoms with van der Waals surface area (Å²) in [5.74, 6) is 0. The quantitative estimate of drug-likeness (QED) is 0.603. The third-order valence-corrected chi connectivity index (χ3v) is 3.35. The molecule has 0 radical (unpaired) electrons. The second-order valence-electron chi connectivity index (χ2n) is 4.42. The zero-order chi connectivity index (χ0) is 13.7. The van der Waals surface area contributed by atoms with Gasteiger partial charge in [-0.05, 0) is 35.7 Å². The largest absolute Gasteiger partial charge is 0.235 e. The van der Waals surface area contributed by atoms with Crippen molar-refractivity contribution in [2.45, 2.75) is 19.4 Å². The minimum absolute atomic E-state index is 0.239. The maximum atomic E-state index is 10.6. The van der Waals surface area contributed by atoms with E-state index in [4.69, 9.17) is 11.6 Å². The third-order valence-electron chi connectivity index (χ3n) is 3.12. The van der Waals surface area contributed by atoms with Crippen molar-refractivity contribution in [3.05, 3.63) is 70.2 Å². The van der Waals surface area contributed by atoms with E-state index in [0.29, 0.717) is 11.4 Å². The fraction of sp³-hybridized carbons (Fsp3) is 0.188. The van der Waals surface area contributed by atoms with Crippen molar-refractivity contribution in [3.63, 3.8) is 0 Å². The molecule has 19 heavy (non-hydrogen) atoms. The fourth-order valence-corrected chi connectivity index (χ4v) is 2.26. The predicted molar refractivity (Wildman–Crippen MR) is 77.2 cm³/mol. The molecular weight excluding hydrogens is 258 g/mol. The minimum atomic E-state index is -0.239. The molecule has 0 saturated heterocycles. The Bertz CT molecular complexity index is 618. The van der Waals surface area contributed by atoms with Gasteiger partial charge in [0.2, 0.25) is 6.08 Å². The molecule has 0 heterocycles. The number of hydrogen-bond donors (Lipinski definition) is 0. The normalized spacial score (nSPS) is 11.7. The second-order valence-corrected chi connectivity index (χ2v) is 4.86. The Labute approximate surface area is 117 Å². The average molecular weight is 272 g/mol. The molecule has 0 N–H and O–H groups in total. The molecule has 1 atom stereocenters. The van der Waals surface area contributed by atoms with Gasteiger partial charge in [-0.15, -0.1) is 0 Å². The van der Waals surface area contributed by atoms with Gasteiger partial charge in [0.1, 0.15) is 0 Å². The number of halogens is 1. The molecule has 2 nitrogen and oxygen atoms in total. The van der Waals surface area contributed by atoms with Crippen LogP contribution in [0.4, 0.5) is 0 Å². The van der Waals surface area contributed by atoms with Crippen molar-refractivity contribution >= 4 is 17.7 Å². The van der Waals surface area contributed by atoms with Gasteiger partial charge in [-0.2, -0.15) is 4.99 Å². The summed E-state index contributed by atoms with van der Waals surface area (Å²) in [6.07, 6.45) is 2.33. The SMILES string of the molecule is Cc1ccccc1CC(N=C=O)c1cccc(Cl)c1. The van der Waals surface area contributed by atoms with Gasteiger partial charge in [0.15, 0.2) is 0 Å². The molecule has 3 heteroatoms. The zero-order valence-corrected chi connectivity index (χ0v) is 11.4. The Morgan fingerprint density at radius 1 is 1.21 bits per heavy atom. The predicted octanol–water partition coefficient (Wildman–Crippen LogP) is 4.27. The maximum Gasteiger partial charge on any atom is 0.235 e. The standard InChI is InChI=1S/C16H14ClNO/c1-12-5-2-3-6-13(12)10-16(18-11-19)14-7-4-8-15(17)9-14/h2-9,16H,10H2,1H3. The second kappa shape index (κ2) is 6.33. The Kier molecular flexibility index (Phi) is 4.51. The number of hydrogen-bond acceptors (Lipinski definition) is 2. The van der Waals surface area contributed by atoms with Gasteiger partial charge in [-0.1, -0.05) is 48.0 Å². The molecule has 0 spiro atoms. The highest BCUT2D eigenvalue weighted by Crippen LogP contribution is 2.25. The first-order valence-electron chi connectivity index (χ1n) is 6.07. The summed E-state index contributed by atoms with van der Waals surface area (Å²) in [4.78, 5) is 14.5. The molecular formula is C16H14ClNO. The van der Waals surface area contributed by atoms with E-state index in [1.165, 1.54) is 11.1 Å². The van der Waals surface area contributed by atoms with Gasteiger partial charge in [0, 0.05) is 11.4 Å². The Hall–Kier alpha value is -1.89. The lowest BCUT2D eigenvalue weighted by Gasteiger charge is -2.13. The first-order valence-corrected chi connectivity index (χ1v) is 6.45. The molecule has 96 valence electrons. The summed E-state index contributed by atoms with van der Waals surface area (Å²) in [6, 6.07) is 15.3. The summed E-state index contributed by atoms with van der Waals surface area (Å²) < 4.78 is 0. The molecule has 0 amide bonds. The topological polar surface area (TPSA) is 29.4 Å². The minimum Gasteiger partial charge on any atom is -0.211 e. The van der Waals surface area contributed by atoms with E-state index in [-0.39, 0.29) is 6.04 Å². The third kappa shape index (κ3) is 3.54. The van der Waals surface area contributed by atoms with Crippen LogP contribution < -0.4 is 0 Å². The lowest BCUT2D eigenvalue weighted by Crippen LogP contribution is -2.01. The van der Waals surface area contributed by atoms with Crippen LogP contribution in [-0.2, 0) is 11.2 Å². The Morgan fingerprint density at radius 3 is 2.68 bits per heavy atom. The maximum absolute atomic E-state index is 10.6. The molecule has 2 aromatic carbocycles. The summed E-state index contributed by atoms with van der Waals surface area (Å²) in [7, 11) is 0. The monoisotopic (exact) mass is 271 g/mol. The van der Waals surface area contributed by atoms with Crippen LogP contribution in [0.3, 0.4) is 0 Å². The molecule has 0 bridgehead atoms. The van der Waals surface area contributed by atoms with Crippen LogP contribution in [-0.4, -0.2) is 6.08 Å². The molecule has 2 rings (SSSR count). The van der Waals surface area contributed by atoms with E-state index in [2.05, 4.69) is 18.0 Å². The number of rotatable bonds is 4. The van der Waals surface area contributed by atoms with Crippen LogP contribution in [0.1, 0.15) is 22.7 Å². The van der Waals surface area contributed by atoms with E-state index >= 15 is 0 Å². The number of benzene rings is 2. The Morgan fingerprint density at radius 2 is 2.00 bits per heavy atom. The number of carbonyl (C=O) groups excluding carboxylic acids is 1. The van der Waals surface area contributed by atoms with Crippen LogP contribution >= 0.6 is 11.6 Å². The summed E-state index contributed by atoms with van der Waals surface area (Å²) in [5, 5.41) is 0.647. The zero-order valence-electron chi connectivity index (χ0n) is 10.6. The summed E-state index contributed by atoms with van der Waals surface area (Å²) >= 11 is 5.98. The molecule has 0 aliphatic rings. The molecule has 0 aromatic heterocycles. The van der Waals surface area contributed by atoms with Crippen molar-refractivity contribution in [1.29, 1.82) is 0 Å². The van der Waals surface area contributed by atoms with E-state index in [0.717, 1.165) is 5.56 Å². The fourth-order valence-electron chi connectivity index (χ4n) is 2.06. The number of aryl methyl sites for hydroxylation is 1. The Balaban J connectivity index is 2.32. The van der Waals surface area contributed by atoms with Gasteiger partial charge in [-0.25, -0.2) is 4.79 Å². The number of nitrogens with zero attached hydrogens (tertiary/aromatic N) is 1. The van der Waals surface area contributed by atoms with E-state index in [9.17, 15) is 4.79 Å². The molecule has 2 aromatic rings. The van der Waals surface area contributed by atoms with E-state index < -0.39 is 0 Å².